The Balaban J connectivity index is 2.48. The van der Waals surface area contributed by atoms with E-state index in [1.165, 1.54) is 0 Å². The van der Waals surface area contributed by atoms with Crippen LogP contribution in [0.5, 0.6) is 0 Å². The zero-order chi connectivity index (χ0) is 13.8. The highest BCUT2D eigenvalue weighted by Crippen LogP contribution is 2.23. The third-order valence-electron chi connectivity index (χ3n) is 3.72. The Kier molecular flexibility index (Phi) is 6.05. The fourth-order valence-electron chi connectivity index (χ4n) is 2.37. The maximum atomic E-state index is 5.89. The highest BCUT2D eigenvalue weighted by Gasteiger charge is 2.29. The first-order chi connectivity index (χ1) is 8.33. The van der Waals surface area contributed by atoms with Gasteiger partial charge < -0.3 is 4.74 Å². The quantitative estimate of drug-likeness (QED) is 0.582. The number of hydrogen-bond acceptors (Lipinski definition) is 4. The molecule has 108 valence electrons. The Morgan fingerprint density at radius 3 is 2.56 bits per heavy atom. The van der Waals surface area contributed by atoms with Crippen molar-refractivity contribution < 1.29 is 4.74 Å². The number of nitrogens with one attached hydrogen (secondary N) is 1. The minimum absolute atomic E-state index is 0.216. The van der Waals surface area contributed by atoms with Gasteiger partial charge in [-0.15, -0.1) is 0 Å². The van der Waals surface area contributed by atoms with Crippen LogP contribution in [0.4, 0.5) is 0 Å². The van der Waals surface area contributed by atoms with E-state index >= 15 is 0 Å². The molecule has 1 saturated heterocycles. The molecule has 0 spiro atoms. The molecule has 0 saturated carbocycles. The van der Waals surface area contributed by atoms with Crippen LogP contribution >= 0.6 is 0 Å². The van der Waals surface area contributed by atoms with Gasteiger partial charge in [-0.1, -0.05) is 20.8 Å². The number of hydrazine groups is 1. The van der Waals surface area contributed by atoms with Gasteiger partial charge in [-0.25, -0.2) is 0 Å². The lowest BCUT2D eigenvalue weighted by atomic mass is 9.87. The van der Waals surface area contributed by atoms with Crippen LogP contribution in [0.2, 0.25) is 0 Å². The second-order valence-electron chi connectivity index (χ2n) is 6.87. The van der Waals surface area contributed by atoms with Gasteiger partial charge in [-0.3, -0.25) is 16.2 Å². The predicted molar refractivity (Wildman–Crippen MR) is 76.2 cm³/mol. The molecule has 3 N–H and O–H groups in total. The van der Waals surface area contributed by atoms with Crippen LogP contribution in [-0.2, 0) is 4.74 Å². The molecular formula is C14H31N3O. The van der Waals surface area contributed by atoms with Crippen molar-refractivity contribution in [2.75, 3.05) is 19.7 Å². The van der Waals surface area contributed by atoms with Gasteiger partial charge in [0.05, 0.1) is 12.7 Å². The molecule has 4 heteroatoms. The minimum atomic E-state index is 0.216. The molecule has 1 heterocycles. The Morgan fingerprint density at radius 1 is 1.39 bits per heavy atom. The second kappa shape index (κ2) is 6.85. The van der Waals surface area contributed by atoms with Gasteiger partial charge in [0.2, 0.25) is 0 Å². The summed E-state index contributed by atoms with van der Waals surface area (Å²) >= 11 is 0. The normalized spacial score (nSPS) is 24.5. The van der Waals surface area contributed by atoms with E-state index in [0.717, 1.165) is 32.5 Å². The highest BCUT2D eigenvalue weighted by atomic mass is 16.5. The summed E-state index contributed by atoms with van der Waals surface area (Å²) in [5, 5.41) is 0. The molecule has 0 aliphatic carbocycles. The van der Waals surface area contributed by atoms with Crippen LogP contribution in [0.25, 0.3) is 0 Å². The molecule has 1 aliphatic rings. The van der Waals surface area contributed by atoms with Crippen molar-refractivity contribution in [1.82, 2.24) is 10.3 Å². The summed E-state index contributed by atoms with van der Waals surface area (Å²) in [5.74, 6) is 5.71. The van der Waals surface area contributed by atoms with Gasteiger partial charge in [0.1, 0.15) is 0 Å². The Bertz CT molecular complexity index is 238. The zero-order valence-electron chi connectivity index (χ0n) is 12.7. The smallest absolute Gasteiger partial charge is 0.0868 e. The fourth-order valence-corrected chi connectivity index (χ4v) is 2.37. The van der Waals surface area contributed by atoms with E-state index in [1.54, 1.807) is 0 Å². The average molecular weight is 257 g/mol. The van der Waals surface area contributed by atoms with E-state index in [4.69, 9.17) is 10.6 Å². The lowest BCUT2D eigenvalue weighted by Gasteiger charge is -2.39. The number of ether oxygens (including phenoxy) is 1. The van der Waals surface area contributed by atoms with Gasteiger partial charge in [0, 0.05) is 25.2 Å². The molecule has 0 aromatic heterocycles. The maximum absolute atomic E-state index is 5.89. The molecule has 18 heavy (non-hydrogen) atoms. The van der Waals surface area contributed by atoms with E-state index in [2.05, 4.69) is 44.9 Å². The van der Waals surface area contributed by atoms with Crippen molar-refractivity contribution in [3.63, 3.8) is 0 Å². The summed E-state index contributed by atoms with van der Waals surface area (Å²) in [7, 11) is 0. The van der Waals surface area contributed by atoms with E-state index in [1.807, 2.05) is 0 Å². The van der Waals surface area contributed by atoms with Crippen LogP contribution in [0.1, 0.15) is 47.5 Å². The number of nitrogens with zero attached hydrogens (tertiary/aromatic N) is 1. The first kappa shape index (κ1) is 15.9. The first-order valence-electron chi connectivity index (χ1n) is 7.15. The van der Waals surface area contributed by atoms with Crippen molar-refractivity contribution in [3.05, 3.63) is 0 Å². The van der Waals surface area contributed by atoms with E-state index in [-0.39, 0.29) is 12.1 Å². The standard InChI is InChI=1S/C14H31N3O/c1-11(2)17-8-9-18-13(10-17)12(16-15)6-7-14(3,4)5/h11-13,16H,6-10,15H2,1-5H3. The summed E-state index contributed by atoms with van der Waals surface area (Å²) in [6.45, 7) is 14.1. The molecule has 4 nitrogen and oxygen atoms in total. The number of hydrogen-bond donors (Lipinski definition) is 2. The molecule has 0 amide bonds. The average Bonchev–Trinajstić information content (AvgIpc) is 2.28. The summed E-state index contributed by atoms with van der Waals surface area (Å²) in [5.41, 5.74) is 3.30. The second-order valence-corrected chi connectivity index (χ2v) is 6.87. The summed E-state index contributed by atoms with van der Waals surface area (Å²) in [6.07, 6.45) is 2.44. The van der Waals surface area contributed by atoms with E-state index in [9.17, 15) is 0 Å². The molecule has 1 aliphatic heterocycles. The van der Waals surface area contributed by atoms with Crippen LogP contribution in [-0.4, -0.2) is 42.8 Å². The van der Waals surface area contributed by atoms with Crippen molar-refractivity contribution in [1.29, 1.82) is 0 Å². The van der Waals surface area contributed by atoms with Crippen LogP contribution in [0.15, 0.2) is 0 Å². The number of rotatable bonds is 5. The van der Waals surface area contributed by atoms with Gasteiger partial charge in [0.15, 0.2) is 0 Å². The molecule has 0 aromatic rings. The number of nitrogens with two attached hydrogens (primary N) is 1. The van der Waals surface area contributed by atoms with Gasteiger partial charge in [-0.05, 0) is 32.1 Å². The number of morpholine rings is 1. The fraction of sp³-hybridized carbons (Fsp3) is 1.00. The van der Waals surface area contributed by atoms with Crippen LogP contribution in [0, 0.1) is 5.41 Å². The van der Waals surface area contributed by atoms with Crippen LogP contribution < -0.4 is 11.3 Å². The SMILES string of the molecule is CC(C)N1CCOC(C(CCC(C)(C)C)NN)C1. The topological polar surface area (TPSA) is 50.5 Å². The van der Waals surface area contributed by atoms with Gasteiger partial charge in [0.25, 0.3) is 0 Å². The van der Waals surface area contributed by atoms with E-state index in [0.29, 0.717) is 11.5 Å². The molecule has 0 bridgehead atoms. The Morgan fingerprint density at radius 2 is 2.06 bits per heavy atom. The molecule has 2 atom stereocenters. The van der Waals surface area contributed by atoms with Crippen molar-refractivity contribution in [3.8, 4) is 0 Å². The van der Waals surface area contributed by atoms with Gasteiger partial charge in [-0.2, -0.15) is 0 Å². The third kappa shape index (κ3) is 5.22. The largest absolute Gasteiger partial charge is 0.374 e. The molecule has 0 aromatic carbocycles. The highest BCUT2D eigenvalue weighted by molar-refractivity contribution is 4.84. The monoisotopic (exact) mass is 257 g/mol. The minimum Gasteiger partial charge on any atom is -0.374 e. The predicted octanol–water partition coefficient (Wildman–Crippen LogP) is 1.75. The zero-order valence-corrected chi connectivity index (χ0v) is 12.7. The summed E-state index contributed by atoms with van der Waals surface area (Å²) < 4.78 is 5.89. The molecule has 1 rings (SSSR count). The maximum Gasteiger partial charge on any atom is 0.0868 e. The summed E-state index contributed by atoms with van der Waals surface area (Å²) in [6, 6.07) is 0.836. The summed E-state index contributed by atoms with van der Waals surface area (Å²) in [4.78, 5) is 2.47. The van der Waals surface area contributed by atoms with Crippen molar-refractivity contribution in [2.45, 2.75) is 65.6 Å². The molecular weight excluding hydrogens is 226 g/mol. The Labute approximate surface area is 112 Å². The lowest BCUT2D eigenvalue weighted by Crippen LogP contribution is -2.55. The van der Waals surface area contributed by atoms with Crippen molar-refractivity contribution >= 4 is 0 Å². The molecule has 0 radical (unpaired) electrons. The van der Waals surface area contributed by atoms with E-state index < -0.39 is 0 Å². The first-order valence-corrected chi connectivity index (χ1v) is 7.15. The van der Waals surface area contributed by atoms with Gasteiger partial charge >= 0.3 is 0 Å². The Hall–Kier alpha value is -0.160. The van der Waals surface area contributed by atoms with Crippen LogP contribution in [0.3, 0.4) is 0 Å². The molecule has 1 fully saturated rings. The lowest BCUT2D eigenvalue weighted by molar-refractivity contribution is -0.0577. The third-order valence-corrected chi connectivity index (χ3v) is 3.72. The van der Waals surface area contributed by atoms with Crippen molar-refractivity contribution in [2.24, 2.45) is 11.3 Å². The molecule has 2 unspecified atom stereocenters.